The molecule has 9 heteroatoms. The number of carbonyl (C=O) groups excluding carboxylic acids is 2. The van der Waals surface area contributed by atoms with Crippen molar-refractivity contribution in [2.24, 2.45) is 0 Å². The van der Waals surface area contributed by atoms with Crippen molar-refractivity contribution in [3.05, 3.63) is 66.4 Å². The minimum atomic E-state index is -0.332. The molecule has 1 aromatic carbocycles. The standard InChI is InChI=1S/C22H21N7O2/c1-13-6-16(11-23-9-13)25-21(30)20-18-8-14(4-5-19(18)27-28-20)15-7-17(12-24-10-15)26-22(31)29(2)3/h4-12H,1-3H3,(H,25,30)(H,26,31)(H,27,28). The van der Waals surface area contributed by atoms with Crippen molar-refractivity contribution in [3.63, 3.8) is 0 Å². The van der Waals surface area contributed by atoms with Gasteiger partial charge in [-0.15, -0.1) is 0 Å². The average Bonchev–Trinajstić information content (AvgIpc) is 3.17. The number of carbonyl (C=O) groups is 2. The monoisotopic (exact) mass is 415 g/mol. The first-order valence-corrected chi connectivity index (χ1v) is 9.55. The second-order valence-corrected chi connectivity index (χ2v) is 7.32. The molecule has 3 aromatic heterocycles. The number of amides is 3. The van der Waals surface area contributed by atoms with Gasteiger partial charge in [-0.25, -0.2) is 4.79 Å². The minimum absolute atomic E-state index is 0.242. The number of nitrogens with one attached hydrogen (secondary N) is 3. The highest BCUT2D eigenvalue weighted by Crippen LogP contribution is 2.27. The van der Waals surface area contributed by atoms with E-state index in [2.05, 4.69) is 30.8 Å². The number of anilines is 2. The van der Waals surface area contributed by atoms with Crippen molar-refractivity contribution in [1.82, 2.24) is 25.1 Å². The van der Waals surface area contributed by atoms with Gasteiger partial charge in [-0.2, -0.15) is 5.10 Å². The molecule has 31 heavy (non-hydrogen) atoms. The lowest BCUT2D eigenvalue weighted by atomic mass is 10.0. The molecule has 0 aliphatic heterocycles. The highest BCUT2D eigenvalue weighted by atomic mass is 16.2. The topological polar surface area (TPSA) is 116 Å². The number of hydrogen-bond donors (Lipinski definition) is 3. The lowest BCUT2D eigenvalue weighted by Crippen LogP contribution is -2.27. The molecular formula is C22H21N7O2. The van der Waals surface area contributed by atoms with Crippen LogP contribution in [0.3, 0.4) is 0 Å². The number of H-pyrrole nitrogens is 1. The highest BCUT2D eigenvalue weighted by Gasteiger charge is 2.16. The molecular weight excluding hydrogens is 394 g/mol. The third kappa shape index (κ3) is 4.35. The molecule has 0 unspecified atom stereocenters. The number of hydrogen-bond acceptors (Lipinski definition) is 5. The molecule has 156 valence electrons. The predicted octanol–water partition coefficient (Wildman–Crippen LogP) is 3.67. The van der Waals surface area contributed by atoms with Crippen molar-refractivity contribution in [1.29, 1.82) is 0 Å². The molecule has 4 aromatic rings. The lowest BCUT2D eigenvalue weighted by molar-refractivity contribution is 0.102. The van der Waals surface area contributed by atoms with Gasteiger partial charge in [-0.3, -0.25) is 19.9 Å². The summed E-state index contributed by atoms with van der Waals surface area (Å²) in [4.78, 5) is 34.5. The Labute approximate surface area is 178 Å². The first-order valence-electron chi connectivity index (χ1n) is 9.55. The summed E-state index contributed by atoms with van der Waals surface area (Å²) >= 11 is 0. The maximum Gasteiger partial charge on any atom is 0.321 e. The Kier molecular flexibility index (Phi) is 5.31. The summed E-state index contributed by atoms with van der Waals surface area (Å²) in [6.45, 7) is 1.90. The number of aryl methyl sites for hydroxylation is 1. The fourth-order valence-electron chi connectivity index (χ4n) is 3.08. The smallest absolute Gasteiger partial charge is 0.321 e. The van der Waals surface area contributed by atoms with E-state index in [1.54, 1.807) is 38.9 Å². The van der Waals surface area contributed by atoms with E-state index >= 15 is 0 Å². The third-order valence-corrected chi connectivity index (χ3v) is 4.64. The Morgan fingerprint density at radius 2 is 1.65 bits per heavy atom. The Morgan fingerprint density at radius 1 is 0.903 bits per heavy atom. The molecule has 9 nitrogen and oxygen atoms in total. The Morgan fingerprint density at radius 3 is 2.39 bits per heavy atom. The van der Waals surface area contributed by atoms with Crippen LogP contribution in [0.4, 0.5) is 16.2 Å². The van der Waals surface area contributed by atoms with E-state index in [-0.39, 0.29) is 17.6 Å². The van der Waals surface area contributed by atoms with E-state index in [1.165, 1.54) is 4.90 Å². The van der Waals surface area contributed by atoms with Crippen molar-refractivity contribution >= 4 is 34.2 Å². The van der Waals surface area contributed by atoms with Crippen LogP contribution >= 0.6 is 0 Å². The van der Waals surface area contributed by atoms with Crippen LogP contribution in [0, 0.1) is 6.92 Å². The molecule has 0 bridgehead atoms. The van der Waals surface area contributed by atoms with Gasteiger partial charge in [0.15, 0.2) is 5.69 Å². The number of rotatable bonds is 4. The molecule has 0 saturated carbocycles. The molecule has 3 N–H and O–H groups in total. The fraction of sp³-hybridized carbons (Fsp3) is 0.136. The Hall–Kier alpha value is -4.27. The number of aromatic nitrogens is 4. The number of benzene rings is 1. The van der Waals surface area contributed by atoms with E-state index in [4.69, 9.17) is 0 Å². The van der Waals surface area contributed by atoms with Crippen LogP contribution in [0.2, 0.25) is 0 Å². The molecule has 0 spiro atoms. The van der Waals surface area contributed by atoms with Gasteiger partial charge in [0, 0.05) is 37.4 Å². The van der Waals surface area contributed by atoms with Crippen LogP contribution in [0.15, 0.2) is 55.1 Å². The number of fused-ring (bicyclic) bond motifs is 1. The highest BCUT2D eigenvalue weighted by molar-refractivity contribution is 6.11. The molecule has 4 rings (SSSR count). The number of aromatic amines is 1. The van der Waals surface area contributed by atoms with E-state index in [1.807, 2.05) is 37.3 Å². The van der Waals surface area contributed by atoms with Crippen LogP contribution in [0.25, 0.3) is 22.0 Å². The molecule has 0 fully saturated rings. The van der Waals surface area contributed by atoms with Gasteiger partial charge in [-0.05, 0) is 42.3 Å². The van der Waals surface area contributed by atoms with E-state index in [0.717, 1.165) is 22.2 Å². The largest absolute Gasteiger partial charge is 0.331 e. The maximum absolute atomic E-state index is 12.8. The van der Waals surface area contributed by atoms with Crippen LogP contribution in [0.5, 0.6) is 0 Å². The van der Waals surface area contributed by atoms with Crippen LogP contribution < -0.4 is 10.6 Å². The number of nitrogens with zero attached hydrogens (tertiary/aromatic N) is 4. The second kappa shape index (κ2) is 8.23. The van der Waals surface area contributed by atoms with Crippen molar-refractivity contribution in [2.45, 2.75) is 6.92 Å². The molecule has 3 heterocycles. The Bertz CT molecular complexity index is 1280. The SMILES string of the molecule is Cc1cncc(NC(=O)c2n[nH]c3ccc(-c4cncc(NC(=O)N(C)C)c4)cc23)c1. The van der Waals surface area contributed by atoms with Crippen molar-refractivity contribution in [2.75, 3.05) is 24.7 Å². The van der Waals surface area contributed by atoms with Crippen LogP contribution in [-0.4, -0.2) is 51.1 Å². The number of pyridine rings is 2. The Balaban J connectivity index is 1.64. The molecule has 0 radical (unpaired) electrons. The first kappa shape index (κ1) is 20.0. The van der Waals surface area contributed by atoms with Crippen molar-refractivity contribution < 1.29 is 9.59 Å². The van der Waals surface area contributed by atoms with E-state index in [9.17, 15) is 9.59 Å². The normalized spacial score (nSPS) is 10.7. The summed E-state index contributed by atoms with van der Waals surface area (Å²) < 4.78 is 0. The van der Waals surface area contributed by atoms with Gasteiger partial charge in [0.2, 0.25) is 0 Å². The zero-order chi connectivity index (χ0) is 22.0. The van der Waals surface area contributed by atoms with Gasteiger partial charge >= 0.3 is 6.03 Å². The van der Waals surface area contributed by atoms with Gasteiger partial charge in [-0.1, -0.05) is 6.07 Å². The lowest BCUT2D eigenvalue weighted by Gasteiger charge is -2.12. The predicted molar refractivity (Wildman–Crippen MR) is 119 cm³/mol. The minimum Gasteiger partial charge on any atom is -0.331 e. The van der Waals surface area contributed by atoms with Gasteiger partial charge < -0.3 is 15.5 Å². The summed E-state index contributed by atoms with van der Waals surface area (Å²) in [5, 5.41) is 13.4. The zero-order valence-corrected chi connectivity index (χ0v) is 17.3. The summed E-state index contributed by atoms with van der Waals surface area (Å²) in [6, 6.07) is 9.05. The quantitative estimate of drug-likeness (QED) is 0.470. The summed E-state index contributed by atoms with van der Waals surface area (Å²) in [7, 11) is 3.33. The summed E-state index contributed by atoms with van der Waals surface area (Å²) in [6.07, 6.45) is 6.58. The second-order valence-electron chi connectivity index (χ2n) is 7.32. The van der Waals surface area contributed by atoms with Crippen LogP contribution in [0.1, 0.15) is 16.1 Å². The maximum atomic E-state index is 12.8. The van der Waals surface area contributed by atoms with Gasteiger partial charge in [0.05, 0.1) is 29.3 Å². The van der Waals surface area contributed by atoms with E-state index < -0.39 is 0 Å². The molecule has 3 amide bonds. The van der Waals surface area contributed by atoms with Crippen LogP contribution in [-0.2, 0) is 0 Å². The van der Waals surface area contributed by atoms with Gasteiger partial charge in [0.1, 0.15) is 0 Å². The molecule has 0 saturated heterocycles. The fourth-order valence-corrected chi connectivity index (χ4v) is 3.08. The van der Waals surface area contributed by atoms with Gasteiger partial charge in [0.25, 0.3) is 5.91 Å². The summed E-state index contributed by atoms with van der Waals surface area (Å²) in [5.41, 5.74) is 4.78. The van der Waals surface area contributed by atoms with Crippen molar-refractivity contribution in [3.8, 4) is 11.1 Å². The zero-order valence-electron chi connectivity index (χ0n) is 17.3. The molecule has 0 aliphatic rings. The molecule has 0 atom stereocenters. The molecule has 0 aliphatic carbocycles. The first-order chi connectivity index (χ1) is 14.9. The number of urea groups is 1. The van der Waals surface area contributed by atoms with E-state index in [0.29, 0.717) is 16.8 Å². The third-order valence-electron chi connectivity index (χ3n) is 4.64. The summed E-state index contributed by atoms with van der Waals surface area (Å²) in [5.74, 6) is -0.332. The average molecular weight is 415 g/mol.